The Morgan fingerprint density at radius 3 is 2.75 bits per heavy atom. The molecule has 0 spiro atoms. The van der Waals surface area contributed by atoms with Gasteiger partial charge in [-0.05, 0) is 49.0 Å². The van der Waals surface area contributed by atoms with Crippen LogP contribution in [-0.2, 0) is 16.0 Å². The van der Waals surface area contributed by atoms with Gasteiger partial charge in [-0.1, -0.05) is 37.4 Å². The number of rotatable bonds is 5. The van der Waals surface area contributed by atoms with E-state index in [0.717, 1.165) is 48.8 Å². The number of unbranched alkanes of at least 4 members (excludes halogenated alkanes) is 1. The van der Waals surface area contributed by atoms with Crippen LogP contribution in [-0.4, -0.2) is 18.7 Å². The minimum absolute atomic E-state index is 0.0237. The maximum atomic E-state index is 12.5. The van der Waals surface area contributed by atoms with Crippen LogP contribution in [0.1, 0.15) is 57.1 Å². The molecule has 128 valence electrons. The van der Waals surface area contributed by atoms with Crippen molar-refractivity contribution in [2.45, 2.75) is 52.4 Å². The van der Waals surface area contributed by atoms with Gasteiger partial charge < -0.3 is 4.74 Å². The summed E-state index contributed by atoms with van der Waals surface area (Å²) in [6, 6.07) is 3.80. The van der Waals surface area contributed by atoms with E-state index in [1.807, 2.05) is 12.1 Å². The molecule has 24 heavy (non-hydrogen) atoms. The van der Waals surface area contributed by atoms with Crippen molar-refractivity contribution in [1.82, 2.24) is 0 Å². The van der Waals surface area contributed by atoms with Crippen LogP contribution in [0.3, 0.4) is 0 Å². The number of benzene rings is 1. The molecule has 0 aromatic heterocycles. The molecule has 0 saturated carbocycles. The molecule has 1 atom stereocenters. The van der Waals surface area contributed by atoms with Crippen LogP contribution in [0.15, 0.2) is 17.7 Å². The Balaban J connectivity index is 2.27. The number of allylic oxidation sites excluding steroid dienone is 2. The lowest BCUT2D eigenvalue weighted by atomic mass is 9.66. The minimum atomic E-state index is -0.136. The van der Waals surface area contributed by atoms with Gasteiger partial charge in [0.1, 0.15) is 5.75 Å². The highest BCUT2D eigenvalue weighted by Gasteiger charge is 2.48. The fourth-order valence-electron chi connectivity index (χ4n) is 4.33. The number of carbonyl (C=O) groups excluding carboxylic acids is 2. The predicted octanol–water partition coefficient (Wildman–Crippen LogP) is 4.79. The number of hydrogen-bond donors (Lipinski definition) is 0. The van der Waals surface area contributed by atoms with E-state index < -0.39 is 0 Å². The van der Waals surface area contributed by atoms with E-state index in [1.54, 1.807) is 7.11 Å². The van der Waals surface area contributed by atoms with Crippen molar-refractivity contribution < 1.29 is 14.3 Å². The Morgan fingerprint density at radius 2 is 2.12 bits per heavy atom. The SMILES string of the molecule is CCCCC12CCC(=O)C(C(C)=O)=C1c1ccc(OC)c(Cl)c1C2. The molecule has 1 aromatic rings. The van der Waals surface area contributed by atoms with E-state index in [-0.39, 0.29) is 17.0 Å². The molecule has 0 amide bonds. The minimum Gasteiger partial charge on any atom is -0.495 e. The smallest absolute Gasteiger partial charge is 0.166 e. The lowest BCUT2D eigenvalue weighted by molar-refractivity contribution is -0.121. The number of hydrogen-bond acceptors (Lipinski definition) is 3. The molecule has 0 bridgehead atoms. The molecule has 0 heterocycles. The third kappa shape index (κ3) is 2.50. The fraction of sp³-hybridized carbons (Fsp3) is 0.500. The molecular weight excluding hydrogens is 324 g/mol. The van der Waals surface area contributed by atoms with Crippen LogP contribution in [0.5, 0.6) is 5.75 Å². The zero-order valence-electron chi connectivity index (χ0n) is 14.5. The second-order valence-electron chi connectivity index (χ2n) is 6.90. The molecule has 0 fully saturated rings. The summed E-state index contributed by atoms with van der Waals surface area (Å²) >= 11 is 6.56. The third-order valence-corrected chi connectivity index (χ3v) is 5.88. The summed E-state index contributed by atoms with van der Waals surface area (Å²) in [5, 5.41) is 0.614. The summed E-state index contributed by atoms with van der Waals surface area (Å²) < 4.78 is 5.35. The van der Waals surface area contributed by atoms with Crippen molar-refractivity contribution in [2.75, 3.05) is 7.11 Å². The summed E-state index contributed by atoms with van der Waals surface area (Å²) in [4.78, 5) is 24.7. The summed E-state index contributed by atoms with van der Waals surface area (Å²) in [5.74, 6) is 0.496. The Bertz CT molecular complexity index is 747. The number of ether oxygens (including phenoxy) is 1. The second-order valence-corrected chi connectivity index (χ2v) is 7.28. The molecule has 0 saturated heterocycles. The zero-order chi connectivity index (χ0) is 17.5. The largest absolute Gasteiger partial charge is 0.495 e. The topological polar surface area (TPSA) is 43.4 Å². The molecule has 1 aromatic carbocycles. The highest BCUT2D eigenvalue weighted by molar-refractivity contribution is 6.34. The van der Waals surface area contributed by atoms with Crippen molar-refractivity contribution in [3.63, 3.8) is 0 Å². The normalized spacial score (nSPS) is 22.4. The molecule has 0 aliphatic heterocycles. The average Bonchev–Trinajstić information content (AvgIpc) is 2.89. The highest BCUT2D eigenvalue weighted by Crippen LogP contribution is 2.58. The summed E-state index contributed by atoms with van der Waals surface area (Å²) in [7, 11) is 1.60. The van der Waals surface area contributed by atoms with Gasteiger partial charge in [0.25, 0.3) is 0 Å². The number of halogens is 1. The van der Waals surface area contributed by atoms with E-state index >= 15 is 0 Å². The second kappa shape index (κ2) is 6.36. The first-order valence-corrected chi connectivity index (χ1v) is 8.97. The van der Waals surface area contributed by atoms with Gasteiger partial charge in [-0.2, -0.15) is 0 Å². The predicted molar refractivity (Wildman–Crippen MR) is 95.5 cm³/mol. The lowest BCUT2D eigenvalue weighted by Crippen LogP contribution is -2.30. The third-order valence-electron chi connectivity index (χ3n) is 5.46. The van der Waals surface area contributed by atoms with E-state index in [1.165, 1.54) is 6.92 Å². The summed E-state index contributed by atoms with van der Waals surface area (Å²) in [6.07, 6.45) is 5.18. The highest BCUT2D eigenvalue weighted by atomic mass is 35.5. The lowest BCUT2D eigenvalue weighted by Gasteiger charge is -2.36. The Hall–Kier alpha value is -1.61. The molecular formula is C20H23ClO3. The number of Topliss-reactive ketones (excluding diaryl/α,β-unsaturated/α-hetero) is 2. The summed E-state index contributed by atoms with van der Waals surface area (Å²) in [5.41, 5.74) is 3.20. The van der Waals surface area contributed by atoms with Gasteiger partial charge in [0.05, 0.1) is 17.7 Å². The molecule has 0 radical (unpaired) electrons. The van der Waals surface area contributed by atoms with Gasteiger partial charge in [0.15, 0.2) is 11.6 Å². The van der Waals surface area contributed by atoms with Gasteiger partial charge in [-0.25, -0.2) is 0 Å². The first kappa shape index (κ1) is 17.2. The maximum Gasteiger partial charge on any atom is 0.166 e. The quantitative estimate of drug-likeness (QED) is 0.720. The van der Waals surface area contributed by atoms with Crippen molar-refractivity contribution in [3.8, 4) is 5.75 Å². The fourth-order valence-corrected chi connectivity index (χ4v) is 4.64. The van der Waals surface area contributed by atoms with E-state index in [4.69, 9.17) is 16.3 Å². The average molecular weight is 347 g/mol. The Morgan fingerprint density at radius 1 is 1.38 bits per heavy atom. The first-order valence-electron chi connectivity index (χ1n) is 8.60. The van der Waals surface area contributed by atoms with Gasteiger partial charge >= 0.3 is 0 Å². The first-order chi connectivity index (χ1) is 11.4. The Kier molecular flexibility index (Phi) is 4.56. The van der Waals surface area contributed by atoms with Crippen molar-refractivity contribution >= 4 is 28.7 Å². The van der Waals surface area contributed by atoms with Gasteiger partial charge in [0.2, 0.25) is 0 Å². The van der Waals surface area contributed by atoms with Crippen LogP contribution < -0.4 is 4.74 Å². The molecule has 4 heteroatoms. The van der Waals surface area contributed by atoms with Crippen LogP contribution in [0.2, 0.25) is 5.02 Å². The number of fused-ring (bicyclic) bond motifs is 3. The molecule has 2 aliphatic carbocycles. The molecule has 3 nitrogen and oxygen atoms in total. The van der Waals surface area contributed by atoms with E-state index in [0.29, 0.717) is 22.8 Å². The molecule has 3 rings (SSSR count). The van der Waals surface area contributed by atoms with Gasteiger partial charge in [-0.3, -0.25) is 9.59 Å². The van der Waals surface area contributed by atoms with Gasteiger partial charge in [-0.15, -0.1) is 0 Å². The van der Waals surface area contributed by atoms with E-state index in [9.17, 15) is 9.59 Å². The number of ketones is 2. The summed E-state index contributed by atoms with van der Waals surface area (Å²) in [6.45, 7) is 3.66. The van der Waals surface area contributed by atoms with Crippen LogP contribution in [0.25, 0.3) is 5.57 Å². The van der Waals surface area contributed by atoms with Crippen LogP contribution >= 0.6 is 11.6 Å². The number of methoxy groups -OCH3 is 1. The molecule has 2 aliphatic rings. The van der Waals surface area contributed by atoms with Crippen molar-refractivity contribution in [2.24, 2.45) is 5.41 Å². The zero-order valence-corrected chi connectivity index (χ0v) is 15.3. The monoisotopic (exact) mass is 346 g/mol. The molecule has 0 N–H and O–H groups in total. The number of carbonyl (C=O) groups is 2. The van der Waals surface area contributed by atoms with Crippen molar-refractivity contribution in [3.05, 3.63) is 33.9 Å². The van der Waals surface area contributed by atoms with Crippen LogP contribution in [0.4, 0.5) is 0 Å². The maximum absolute atomic E-state index is 12.5. The van der Waals surface area contributed by atoms with E-state index in [2.05, 4.69) is 6.92 Å². The van der Waals surface area contributed by atoms with Crippen molar-refractivity contribution in [1.29, 1.82) is 0 Å². The molecule has 1 unspecified atom stereocenters. The standard InChI is InChI=1S/C20H23ClO3/c1-4-5-9-20-10-8-15(23)17(12(2)22)18(20)13-6-7-16(24-3)19(21)14(13)11-20/h6-7H,4-5,8-11H2,1-3H3. The Labute approximate surface area is 148 Å². The van der Waals surface area contributed by atoms with Gasteiger partial charge in [0, 0.05) is 11.8 Å². The van der Waals surface area contributed by atoms with Crippen LogP contribution in [0, 0.1) is 5.41 Å².